The molecular formula is C15H24O. The first-order chi connectivity index (χ1) is 7.52. The lowest BCUT2D eigenvalue weighted by Gasteiger charge is -2.29. The maximum Gasteiger partial charge on any atom is 0.0644 e. The van der Waals surface area contributed by atoms with E-state index in [1.807, 2.05) is 6.08 Å². The Bertz CT molecular complexity index is 307. The molecule has 0 spiro atoms. The Morgan fingerprint density at radius 1 is 1.62 bits per heavy atom. The van der Waals surface area contributed by atoms with Crippen molar-refractivity contribution in [3.8, 4) is 0 Å². The van der Waals surface area contributed by atoms with E-state index in [4.69, 9.17) is 0 Å². The summed E-state index contributed by atoms with van der Waals surface area (Å²) in [6.45, 7) is 10.7. The van der Waals surface area contributed by atoms with E-state index >= 15 is 0 Å². The molecule has 0 aromatic carbocycles. The van der Waals surface area contributed by atoms with Gasteiger partial charge in [0, 0.05) is 0 Å². The van der Waals surface area contributed by atoms with Crippen LogP contribution < -0.4 is 0 Å². The first-order valence-electron chi connectivity index (χ1n) is 6.09. The number of aliphatic hydroxyl groups is 1. The molecule has 0 bridgehead atoms. The van der Waals surface area contributed by atoms with E-state index in [1.54, 1.807) is 0 Å². The summed E-state index contributed by atoms with van der Waals surface area (Å²) in [4.78, 5) is 0. The Balaban J connectivity index is 2.60. The van der Waals surface area contributed by atoms with Gasteiger partial charge in [-0.05, 0) is 43.1 Å². The first kappa shape index (κ1) is 13.2. The molecule has 0 aromatic heterocycles. The van der Waals surface area contributed by atoms with Gasteiger partial charge in [-0.25, -0.2) is 0 Å². The molecule has 0 amide bonds. The SMILES string of the molecule is C=CC/C(=C\CC1CC=C(C)C1(C)C)CO. The van der Waals surface area contributed by atoms with Gasteiger partial charge in [-0.2, -0.15) is 0 Å². The highest BCUT2D eigenvalue weighted by Gasteiger charge is 2.33. The van der Waals surface area contributed by atoms with E-state index in [1.165, 1.54) is 12.0 Å². The highest BCUT2D eigenvalue weighted by Crippen LogP contribution is 2.44. The van der Waals surface area contributed by atoms with Crippen LogP contribution in [0.5, 0.6) is 0 Å². The number of allylic oxidation sites excluding steroid dienone is 4. The van der Waals surface area contributed by atoms with Crippen molar-refractivity contribution in [2.45, 2.75) is 40.0 Å². The van der Waals surface area contributed by atoms with Crippen molar-refractivity contribution in [1.29, 1.82) is 0 Å². The predicted octanol–water partition coefficient (Wildman–Crippen LogP) is 3.86. The van der Waals surface area contributed by atoms with E-state index in [-0.39, 0.29) is 6.61 Å². The molecule has 0 saturated carbocycles. The maximum absolute atomic E-state index is 9.18. The first-order valence-corrected chi connectivity index (χ1v) is 6.09. The Hall–Kier alpha value is -0.820. The van der Waals surface area contributed by atoms with Crippen molar-refractivity contribution in [2.75, 3.05) is 6.61 Å². The van der Waals surface area contributed by atoms with Crippen LogP contribution >= 0.6 is 0 Å². The van der Waals surface area contributed by atoms with Gasteiger partial charge >= 0.3 is 0 Å². The fourth-order valence-corrected chi connectivity index (χ4v) is 2.30. The van der Waals surface area contributed by atoms with Gasteiger partial charge in [0.25, 0.3) is 0 Å². The average molecular weight is 220 g/mol. The molecule has 90 valence electrons. The van der Waals surface area contributed by atoms with Crippen LogP contribution in [0.15, 0.2) is 36.0 Å². The van der Waals surface area contributed by atoms with Crippen molar-refractivity contribution in [2.24, 2.45) is 11.3 Å². The molecule has 0 saturated heterocycles. The number of hydrogen-bond donors (Lipinski definition) is 1. The molecule has 0 radical (unpaired) electrons. The molecule has 0 heterocycles. The summed E-state index contributed by atoms with van der Waals surface area (Å²) in [5.74, 6) is 0.680. The molecule has 1 heteroatoms. The number of aliphatic hydroxyl groups excluding tert-OH is 1. The second kappa shape index (κ2) is 5.49. The Morgan fingerprint density at radius 2 is 2.31 bits per heavy atom. The van der Waals surface area contributed by atoms with Gasteiger partial charge in [0.05, 0.1) is 6.61 Å². The lowest BCUT2D eigenvalue weighted by Crippen LogP contribution is -2.19. The normalized spacial score (nSPS) is 24.4. The summed E-state index contributed by atoms with van der Waals surface area (Å²) in [7, 11) is 0. The number of hydrogen-bond acceptors (Lipinski definition) is 1. The molecule has 0 aliphatic heterocycles. The summed E-state index contributed by atoms with van der Waals surface area (Å²) >= 11 is 0. The van der Waals surface area contributed by atoms with Gasteiger partial charge in [0.1, 0.15) is 0 Å². The number of rotatable bonds is 5. The minimum absolute atomic E-state index is 0.158. The Morgan fingerprint density at radius 3 is 2.75 bits per heavy atom. The zero-order valence-corrected chi connectivity index (χ0v) is 10.8. The highest BCUT2D eigenvalue weighted by atomic mass is 16.3. The van der Waals surface area contributed by atoms with Crippen LogP contribution in [0.25, 0.3) is 0 Å². The van der Waals surface area contributed by atoms with E-state index in [9.17, 15) is 5.11 Å². The zero-order chi connectivity index (χ0) is 12.2. The highest BCUT2D eigenvalue weighted by molar-refractivity contribution is 5.19. The minimum atomic E-state index is 0.158. The Kier molecular flexibility index (Phi) is 4.55. The summed E-state index contributed by atoms with van der Waals surface area (Å²) in [6.07, 6.45) is 9.43. The smallest absolute Gasteiger partial charge is 0.0644 e. The molecule has 1 aliphatic carbocycles. The third-order valence-corrected chi connectivity index (χ3v) is 4.05. The molecule has 1 atom stereocenters. The van der Waals surface area contributed by atoms with E-state index in [0.29, 0.717) is 11.3 Å². The maximum atomic E-state index is 9.18. The molecule has 0 aromatic rings. The molecule has 1 N–H and O–H groups in total. The van der Waals surface area contributed by atoms with Gasteiger partial charge in [0.2, 0.25) is 0 Å². The van der Waals surface area contributed by atoms with Crippen LogP contribution in [0.3, 0.4) is 0 Å². The molecule has 0 fully saturated rings. The molecular weight excluding hydrogens is 196 g/mol. The largest absolute Gasteiger partial charge is 0.392 e. The van der Waals surface area contributed by atoms with Crippen LogP contribution in [0.2, 0.25) is 0 Å². The van der Waals surface area contributed by atoms with Crippen molar-refractivity contribution in [3.05, 3.63) is 36.0 Å². The summed E-state index contributed by atoms with van der Waals surface area (Å²) in [5.41, 5.74) is 2.90. The van der Waals surface area contributed by atoms with Gasteiger partial charge in [-0.15, -0.1) is 6.58 Å². The monoisotopic (exact) mass is 220 g/mol. The zero-order valence-electron chi connectivity index (χ0n) is 10.8. The van der Waals surface area contributed by atoms with Gasteiger partial charge in [0.15, 0.2) is 0 Å². The molecule has 1 rings (SSSR count). The van der Waals surface area contributed by atoms with Gasteiger partial charge in [-0.1, -0.05) is 37.6 Å². The van der Waals surface area contributed by atoms with Gasteiger partial charge < -0.3 is 5.11 Å². The summed E-state index contributed by atoms with van der Waals surface area (Å²) < 4.78 is 0. The quantitative estimate of drug-likeness (QED) is 0.697. The van der Waals surface area contributed by atoms with Crippen LogP contribution in [-0.2, 0) is 0 Å². The average Bonchev–Trinajstić information content (AvgIpc) is 2.50. The van der Waals surface area contributed by atoms with Crippen molar-refractivity contribution >= 4 is 0 Å². The third kappa shape index (κ3) is 2.85. The molecule has 1 unspecified atom stereocenters. The third-order valence-electron chi connectivity index (χ3n) is 4.05. The summed E-state index contributed by atoms with van der Waals surface area (Å²) in [5, 5.41) is 9.18. The van der Waals surface area contributed by atoms with Crippen LogP contribution in [0.1, 0.15) is 40.0 Å². The van der Waals surface area contributed by atoms with Gasteiger partial charge in [-0.3, -0.25) is 0 Å². The fourth-order valence-electron chi connectivity index (χ4n) is 2.30. The standard InChI is InChI=1S/C15H24O/c1-5-6-13(11-16)8-10-14-9-7-12(2)15(14,3)4/h5,7-8,14,16H,1,6,9-11H2,2-4H3/b13-8+. The topological polar surface area (TPSA) is 20.2 Å². The molecule has 1 aliphatic rings. The van der Waals surface area contributed by atoms with E-state index in [2.05, 4.69) is 39.5 Å². The predicted molar refractivity (Wildman–Crippen MR) is 70.2 cm³/mol. The fraction of sp³-hybridized carbons (Fsp3) is 0.600. The molecule has 1 nitrogen and oxygen atoms in total. The van der Waals surface area contributed by atoms with Crippen molar-refractivity contribution in [3.63, 3.8) is 0 Å². The van der Waals surface area contributed by atoms with Crippen LogP contribution in [0.4, 0.5) is 0 Å². The minimum Gasteiger partial charge on any atom is -0.392 e. The second-order valence-electron chi connectivity index (χ2n) is 5.29. The summed E-state index contributed by atoms with van der Waals surface area (Å²) in [6, 6.07) is 0. The van der Waals surface area contributed by atoms with E-state index < -0.39 is 0 Å². The van der Waals surface area contributed by atoms with Crippen molar-refractivity contribution in [1.82, 2.24) is 0 Å². The van der Waals surface area contributed by atoms with E-state index in [0.717, 1.165) is 18.4 Å². The second-order valence-corrected chi connectivity index (χ2v) is 5.29. The van der Waals surface area contributed by atoms with Crippen molar-refractivity contribution < 1.29 is 5.11 Å². The lowest BCUT2D eigenvalue weighted by atomic mass is 9.76. The van der Waals surface area contributed by atoms with Crippen LogP contribution in [-0.4, -0.2) is 11.7 Å². The lowest BCUT2D eigenvalue weighted by molar-refractivity contribution is 0.291. The van der Waals surface area contributed by atoms with Crippen LogP contribution in [0, 0.1) is 11.3 Å². The Labute approximate surface area is 99.6 Å². The molecule has 16 heavy (non-hydrogen) atoms.